The van der Waals surface area contributed by atoms with Gasteiger partial charge in [-0.15, -0.1) is 0 Å². The van der Waals surface area contributed by atoms with Crippen molar-refractivity contribution in [3.05, 3.63) is 35.9 Å². The Labute approximate surface area is 135 Å². The van der Waals surface area contributed by atoms with E-state index in [9.17, 15) is 19.5 Å². The zero-order valence-electron chi connectivity index (χ0n) is 13.5. The van der Waals surface area contributed by atoms with Gasteiger partial charge in [0.25, 0.3) is 0 Å². The fraction of sp³-hybridized carbons (Fsp3) is 0.471. The van der Waals surface area contributed by atoms with Crippen LogP contribution in [-0.2, 0) is 14.4 Å². The van der Waals surface area contributed by atoms with Gasteiger partial charge in [-0.05, 0) is 11.0 Å². The van der Waals surface area contributed by atoms with Crippen molar-refractivity contribution in [2.45, 2.75) is 26.3 Å². The maximum absolute atomic E-state index is 12.7. The third-order valence-electron chi connectivity index (χ3n) is 4.75. The van der Waals surface area contributed by atoms with Gasteiger partial charge >= 0.3 is 5.97 Å². The first-order valence-electron chi connectivity index (χ1n) is 7.50. The molecule has 0 aliphatic heterocycles. The summed E-state index contributed by atoms with van der Waals surface area (Å²) in [4.78, 5) is 36.9. The summed E-state index contributed by atoms with van der Waals surface area (Å²) in [5, 5.41) is 9.25. The molecule has 2 rings (SSSR count). The minimum Gasteiger partial charge on any atom is -0.481 e. The molecule has 1 aromatic carbocycles. The first kappa shape index (κ1) is 17.0. The number of carboxylic acids is 1. The van der Waals surface area contributed by atoms with Crippen LogP contribution in [0.15, 0.2) is 30.3 Å². The van der Waals surface area contributed by atoms with E-state index in [0.29, 0.717) is 0 Å². The van der Waals surface area contributed by atoms with Gasteiger partial charge in [0.15, 0.2) is 0 Å². The van der Waals surface area contributed by atoms with Crippen LogP contribution in [0.2, 0.25) is 0 Å². The first-order valence-corrected chi connectivity index (χ1v) is 7.50. The van der Waals surface area contributed by atoms with Crippen LogP contribution in [-0.4, -0.2) is 34.8 Å². The predicted molar refractivity (Wildman–Crippen MR) is 84.2 cm³/mol. The normalized spacial score (nSPS) is 22.9. The van der Waals surface area contributed by atoms with Crippen LogP contribution < -0.4 is 5.73 Å². The molecule has 0 heterocycles. The van der Waals surface area contributed by atoms with Crippen LogP contribution in [0.1, 0.15) is 31.9 Å². The number of rotatable bonds is 6. The fourth-order valence-corrected chi connectivity index (χ4v) is 3.28. The highest BCUT2D eigenvalue weighted by molar-refractivity contribution is 5.92. The van der Waals surface area contributed by atoms with Crippen LogP contribution in [0.3, 0.4) is 0 Å². The average Bonchev–Trinajstić information content (AvgIpc) is 3.07. The number of nitrogens with zero attached hydrogens (tertiary/aromatic N) is 1. The van der Waals surface area contributed by atoms with Gasteiger partial charge in [-0.1, -0.05) is 44.2 Å². The van der Waals surface area contributed by atoms with Gasteiger partial charge in [-0.25, -0.2) is 0 Å². The van der Waals surface area contributed by atoms with Gasteiger partial charge in [-0.2, -0.15) is 0 Å². The molecular formula is C17H22N2O4. The van der Waals surface area contributed by atoms with Crippen LogP contribution in [0.25, 0.3) is 0 Å². The maximum atomic E-state index is 12.7. The van der Waals surface area contributed by atoms with Crippen molar-refractivity contribution in [1.82, 2.24) is 4.90 Å². The van der Waals surface area contributed by atoms with Gasteiger partial charge in [-0.3, -0.25) is 14.4 Å². The Hall–Kier alpha value is -2.37. The van der Waals surface area contributed by atoms with Crippen molar-refractivity contribution in [3.8, 4) is 0 Å². The van der Waals surface area contributed by atoms with E-state index in [0.717, 1.165) is 5.56 Å². The maximum Gasteiger partial charge on any atom is 0.307 e. The number of benzene rings is 1. The lowest BCUT2D eigenvalue weighted by Crippen LogP contribution is -2.36. The lowest BCUT2D eigenvalue weighted by atomic mass is 10.0. The third-order valence-corrected chi connectivity index (χ3v) is 4.75. The Morgan fingerprint density at radius 2 is 1.78 bits per heavy atom. The molecule has 0 saturated heterocycles. The highest BCUT2D eigenvalue weighted by Crippen LogP contribution is 2.59. The fourth-order valence-electron chi connectivity index (χ4n) is 3.28. The molecule has 3 atom stereocenters. The zero-order chi connectivity index (χ0) is 17.4. The van der Waals surface area contributed by atoms with Crippen molar-refractivity contribution >= 4 is 17.8 Å². The third kappa shape index (κ3) is 3.21. The molecule has 0 aromatic heterocycles. The van der Waals surface area contributed by atoms with Gasteiger partial charge in [0.05, 0.1) is 24.3 Å². The number of carboxylic acid groups (broad SMARTS) is 1. The van der Waals surface area contributed by atoms with Gasteiger partial charge in [0, 0.05) is 7.05 Å². The standard InChI is InChI=1S/C17H22N2O4/c1-17(2)13(14(17)16(22)23)15(21)19(3)11(9-12(18)20)10-7-5-4-6-8-10/h4-8,11,13-14H,9H2,1-3H3,(H2,18,20)(H,22,23)/t11?,13-,14+/m0/s1. The minimum absolute atomic E-state index is 0.00284. The summed E-state index contributed by atoms with van der Waals surface area (Å²) in [6.07, 6.45) is -0.00284. The Kier molecular flexibility index (Phi) is 4.45. The molecule has 1 unspecified atom stereocenters. The van der Waals surface area contributed by atoms with Gasteiger partial charge in [0.2, 0.25) is 11.8 Å². The molecule has 1 saturated carbocycles. The molecule has 6 nitrogen and oxygen atoms in total. The second-order valence-corrected chi connectivity index (χ2v) is 6.66. The van der Waals surface area contributed by atoms with E-state index in [-0.39, 0.29) is 12.3 Å². The van der Waals surface area contributed by atoms with E-state index >= 15 is 0 Å². The molecule has 1 aliphatic rings. The predicted octanol–water partition coefficient (Wildman–Crippen LogP) is 1.42. The summed E-state index contributed by atoms with van der Waals surface area (Å²) in [5.41, 5.74) is 5.54. The SMILES string of the molecule is CN(C(=O)[C@@H]1[C@H](C(=O)O)C1(C)C)C(CC(N)=O)c1ccccc1. The van der Waals surface area contributed by atoms with Gasteiger partial charge < -0.3 is 15.7 Å². The second-order valence-electron chi connectivity index (χ2n) is 6.66. The number of aliphatic carboxylic acids is 1. The highest BCUT2D eigenvalue weighted by atomic mass is 16.4. The average molecular weight is 318 g/mol. The first-order chi connectivity index (χ1) is 10.7. The molecule has 1 aromatic rings. The topological polar surface area (TPSA) is 101 Å². The van der Waals surface area contributed by atoms with E-state index in [1.54, 1.807) is 20.9 Å². The number of primary amides is 1. The lowest BCUT2D eigenvalue weighted by Gasteiger charge is -2.28. The molecule has 23 heavy (non-hydrogen) atoms. The molecule has 124 valence electrons. The molecule has 0 radical (unpaired) electrons. The molecule has 0 spiro atoms. The Balaban J connectivity index is 2.24. The second kappa shape index (κ2) is 6.02. The summed E-state index contributed by atoms with van der Waals surface area (Å²) in [7, 11) is 1.59. The van der Waals surface area contributed by atoms with Crippen molar-refractivity contribution in [2.24, 2.45) is 23.0 Å². The Bertz CT molecular complexity index is 627. The van der Waals surface area contributed by atoms with E-state index in [4.69, 9.17) is 5.73 Å². The molecule has 3 N–H and O–H groups in total. The smallest absolute Gasteiger partial charge is 0.307 e. The van der Waals surface area contributed by atoms with E-state index in [1.165, 1.54) is 4.90 Å². The number of hydrogen-bond donors (Lipinski definition) is 2. The molecule has 1 fully saturated rings. The highest BCUT2D eigenvalue weighted by Gasteiger charge is 2.66. The molecule has 6 heteroatoms. The molecule has 2 amide bonds. The number of carbonyl (C=O) groups excluding carboxylic acids is 2. The number of nitrogens with two attached hydrogens (primary N) is 1. The van der Waals surface area contributed by atoms with Gasteiger partial charge in [0.1, 0.15) is 0 Å². The lowest BCUT2D eigenvalue weighted by molar-refractivity contribution is -0.142. The Morgan fingerprint density at radius 3 is 2.22 bits per heavy atom. The summed E-state index contributed by atoms with van der Waals surface area (Å²) in [5.74, 6) is -3.01. The molecule has 0 bridgehead atoms. The van der Waals surface area contributed by atoms with E-state index in [1.807, 2.05) is 30.3 Å². The molecule has 1 aliphatic carbocycles. The minimum atomic E-state index is -0.965. The van der Waals surface area contributed by atoms with Crippen molar-refractivity contribution in [3.63, 3.8) is 0 Å². The summed E-state index contributed by atoms with van der Waals surface area (Å²) >= 11 is 0. The number of hydrogen-bond acceptors (Lipinski definition) is 3. The number of carbonyl (C=O) groups is 3. The van der Waals surface area contributed by atoms with Crippen LogP contribution in [0, 0.1) is 17.3 Å². The van der Waals surface area contributed by atoms with Crippen LogP contribution in [0.5, 0.6) is 0 Å². The summed E-state index contributed by atoms with van der Waals surface area (Å²) in [6.45, 7) is 3.54. The zero-order valence-corrected chi connectivity index (χ0v) is 13.5. The van der Waals surface area contributed by atoms with Crippen molar-refractivity contribution in [1.29, 1.82) is 0 Å². The monoisotopic (exact) mass is 318 g/mol. The quantitative estimate of drug-likeness (QED) is 0.828. The molecular weight excluding hydrogens is 296 g/mol. The van der Waals surface area contributed by atoms with Crippen LogP contribution >= 0.6 is 0 Å². The summed E-state index contributed by atoms with van der Waals surface area (Å²) in [6, 6.07) is 8.64. The Morgan fingerprint density at radius 1 is 1.22 bits per heavy atom. The van der Waals surface area contributed by atoms with E-state index < -0.39 is 35.2 Å². The largest absolute Gasteiger partial charge is 0.481 e. The summed E-state index contributed by atoms with van der Waals surface area (Å²) < 4.78 is 0. The van der Waals surface area contributed by atoms with Crippen molar-refractivity contribution in [2.75, 3.05) is 7.05 Å². The van der Waals surface area contributed by atoms with E-state index in [2.05, 4.69) is 0 Å². The van der Waals surface area contributed by atoms with Crippen molar-refractivity contribution < 1.29 is 19.5 Å². The van der Waals surface area contributed by atoms with Crippen LogP contribution in [0.4, 0.5) is 0 Å². The number of amides is 2.